The Morgan fingerprint density at radius 2 is 1.85 bits per heavy atom. The van der Waals surface area contributed by atoms with E-state index in [4.69, 9.17) is 0 Å². The highest BCUT2D eigenvalue weighted by molar-refractivity contribution is 7.89. The molecule has 2 aromatic carbocycles. The minimum Gasteiger partial charge on any atom is -0.478 e. The molecule has 2 aromatic rings. The minimum atomic E-state index is -3.77. The van der Waals surface area contributed by atoms with Crippen LogP contribution in [-0.2, 0) is 10.0 Å². The van der Waals surface area contributed by atoms with Crippen LogP contribution in [-0.4, -0.2) is 36.9 Å². The highest BCUT2D eigenvalue weighted by atomic mass is 32.2. The summed E-state index contributed by atoms with van der Waals surface area (Å²) < 4.78 is 27.1. The molecule has 0 amide bonds. The molecule has 26 heavy (non-hydrogen) atoms. The Hall–Kier alpha value is -2.69. The van der Waals surface area contributed by atoms with E-state index in [1.807, 2.05) is 6.92 Å². The second kappa shape index (κ2) is 6.90. The van der Waals surface area contributed by atoms with Gasteiger partial charge in [0.05, 0.1) is 22.1 Å². The smallest absolute Gasteiger partial charge is 0.335 e. The average molecular weight is 370 g/mol. The largest absolute Gasteiger partial charge is 0.478 e. The third kappa shape index (κ3) is 3.34. The Morgan fingerprint density at radius 3 is 2.46 bits per heavy atom. The summed E-state index contributed by atoms with van der Waals surface area (Å²) in [6.45, 7) is 2.72. The molecule has 0 radical (unpaired) electrons. The maximum atomic E-state index is 12.9. The van der Waals surface area contributed by atoms with Crippen LogP contribution in [0, 0.1) is 18.3 Å². The molecule has 1 aliphatic heterocycles. The number of benzene rings is 2. The first kappa shape index (κ1) is 18.1. The molecule has 0 atom stereocenters. The van der Waals surface area contributed by atoms with Crippen LogP contribution in [0.25, 0.3) is 11.1 Å². The first-order valence-electron chi connectivity index (χ1n) is 8.22. The molecule has 1 aliphatic rings. The van der Waals surface area contributed by atoms with Crippen molar-refractivity contribution in [2.24, 2.45) is 0 Å². The van der Waals surface area contributed by atoms with Crippen molar-refractivity contribution in [2.45, 2.75) is 24.7 Å². The molecule has 1 N–H and O–H groups in total. The highest BCUT2D eigenvalue weighted by Crippen LogP contribution is 2.30. The van der Waals surface area contributed by atoms with Gasteiger partial charge >= 0.3 is 5.97 Å². The summed E-state index contributed by atoms with van der Waals surface area (Å²) in [6, 6.07) is 11.3. The summed E-state index contributed by atoms with van der Waals surface area (Å²) in [5.41, 5.74) is 2.06. The predicted octanol–water partition coefficient (Wildman–Crippen LogP) is 3.02. The van der Waals surface area contributed by atoms with E-state index in [1.54, 1.807) is 18.2 Å². The van der Waals surface area contributed by atoms with Crippen molar-refractivity contribution in [3.05, 3.63) is 53.1 Å². The average Bonchev–Trinajstić information content (AvgIpc) is 3.16. The maximum Gasteiger partial charge on any atom is 0.335 e. The van der Waals surface area contributed by atoms with Crippen molar-refractivity contribution in [3.63, 3.8) is 0 Å². The SMILES string of the molecule is Cc1ccc(-c2cc(C(=O)O)cc(S(=O)(=O)N3CCCC3)c2)c(C#N)c1. The van der Waals surface area contributed by atoms with Gasteiger partial charge in [0, 0.05) is 13.1 Å². The molecule has 0 aliphatic carbocycles. The van der Waals surface area contributed by atoms with Gasteiger partial charge in [0.2, 0.25) is 10.0 Å². The van der Waals surface area contributed by atoms with Crippen molar-refractivity contribution in [1.82, 2.24) is 4.31 Å². The molecule has 1 heterocycles. The van der Waals surface area contributed by atoms with Gasteiger partial charge in [-0.2, -0.15) is 9.57 Å². The molecule has 6 nitrogen and oxygen atoms in total. The number of carbonyl (C=O) groups is 1. The molecule has 7 heteroatoms. The molecule has 0 bridgehead atoms. The number of aromatic carboxylic acids is 1. The summed E-state index contributed by atoms with van der Waals surface area (Å²) in [5.74, 6) is -1.21. The second-order valence-corrected chi connectivity index (χ2v) is 8.26. The summed E-state index contributed by atoms with van der Waals surface area (Å²) in [7, 11) is -3.77. The van der Waals surface area contributed by atoms with Crippen molar-refractivity contribution in [3.8, 4) is 17.2 Å². The number of carboxylic acids is 1. The van der Waals surface area contributed by atoms with Crippen molar-refractivity contribution in [1.29, 1.82) is 5.26 Å². The Morgan fingerprint density at radius 1 is 1.15 bits per heavy atom. The monoisotopic (exact) mass is 370 g/mol. The van der Waals surface area contributed by atoms with E-state index in [1.165, 1.54) is 22.5 Å². The third-order valence-electron chi connectivity index (χ3n) is 4.46. The molecule has 0 aromatic heterocycles. The number of carboxylic acid groups (broad SMARTS) is 1. The van der Waals surface area contributed by atoms with Crippen LogP contribution >= 0.6 is 0 Å². The van der Waals surface area contributed by atoms with E-state index in [-0.39, 0.29) is 10.5 Å². The summed E-state index contributed by atoms with van der Waals surface area (Å²) in [5, 5.41) is 18.8. The first-order valence-corrected chi connectivity index (χ1v) is 9.66. The van der Waals surface area contributed by atoms with Gasteiger partial charge in [-0.25, -0.2) is 13.2 Å². The molecule has 1 saturated heterocycles. The van der Waals surface area contributed by atoms with Gasteiger partial charge in [0.15, 0.2) is 0 Å². The molecule has 3 rings (SSSR count). The van der Waals surface area contributed by atoms with Crippen molar-refractivity contribution in [2.75, 3.05) is 13.1 Å². The van der Waals surface area contributed by atoms with Crippen molar-refractivity contribution < 1.29 is 18.3 Å². The Labute approximate surface area is 152 Å². The van der Waals surface area contributed by atoms with Crippen LogP contribution in [0.3, 0.4) is 0 Å². The number of nitriles is 1. The quantitative estimate of drug-likeness (QED) is 0.892. The van der Waals surface area contributed by atoms with Crippen LogP contribution in [0.15, 0.2) is 41.3 Å². The van der Waals surface area contributed by atoms with Gasteiger partial charge in [-0.15, -0.1) is 0 Å². The topological polar surface area (TPSA) is 98.5 Å². The van der Waals surface area contributed by atoms with E-state index in [2.05, 4.69) is 6.07 Å². The number of hydrogen-bond acceptors (Lipinski definition) is 4. The van der Waals surface area contributed by atoms with E-state index < -0.39 is 16.0 Å². The second-order valence-electron chi connectivity index (χ2n) is 6.32. The molecular weight excluding hydrogens is 352 g/mol. The van der Waals surface area contributed by atoms with Crippen LogP contribution < -0.4 is 0 Å². The van der Waals surface area contributed by atoms with E-state index >= 15 is 0 Å². The Kier molecular flexibility index (Phi) is 4.81. The summed E-state index contributed by atoms with van der Waals surface area (Å²) >= 11 is 0. The van der Waals surface area contributed by atoms with E-state index in [9.17, 15) is 23.6 Å². The van der Waals surface area contributed by atoms with Gasteiger partial charge < -0.3 is 5.11 Å². The van der Waals surface area contributed by atoms with Gasteiger partial charge in [-0.1, -0.05) is 12.1 Å². The first-order chi connectivity index (χ1) is 12.3. The van der Waals surface area contributed by atoms with Crippen LogP contribution in [0.4, 0.5) is 0 Å². The minimum absolute atomic E-state index is 0.0567. The van der Waals surface area contributed by atoms with Gasteiger partial charge in [0.1, 0.15) is 0 Å². The zero-order chi connectivity index (χ0) is 18.9. The lowest BCUT2D eigenvalue weighted by atomic mass is 9.97. The van der Waals surface area contributed by atoms with Gasteiger partial charge in [-0.3, -0.25) is 0 Å². The Balaban J connectivity index is 2.20. The fraction of sp³-hybridized carbons (Fsp3) is 0.263. The Bertz CT molecular complexity index is 1020. The molecule has 0 saturated carbocycles. The summed E-state index contributed by atoms with van der Waals surface area (Å²) in [6.07, 6.45) is 1.59. The van der Waals surface area contributed by atoms with Gasteiger partial charge in [0.25, 0.3) is 0 Å². The molecule has 0 unspecified atom stereocenters. The lowest BCUT2D eigenvalue weighted by Gasteiger charge is -2.17. The maximum absolute atomic E-state index is 12.9. The fourth-order valence-electron chi connectivity index (χ4n) is 3.11. The molecular formula is C19H18N2O4S. The lowest BCUT2D eigenvalue weighted by Crippen LogP contribution is -2.28. The molecule has 134 valence electrons. The van der Waals surface area contributed by atoms with Crippen LogP contribution in [0.1, 0.15) is 34.3 Å². The number of sulfonamides is 1. The standard InChI is InChI=1S/C19H18N2O4S/c1-13-4-5-18(16(8-13)12-20)14-9-15(19(22)23)11-17(10-14)26(24,25)21-6-2-3-7-21/h4-5,8-11H,2-3,6-7H2,1H3,(H,22,23). The molecule has 1 fully saturated rings. The predicted molar refractivity (Wildman–Crippen MR) is 96.3 cm³/mol. The molecule has 0 spiro atoms. The lowest BCUT2D eigenvalue weighted by molar-refractivity contribution is 0.0696. The van der Waals surface area contributed by atoms with Crippen LogP contribution in [0.5, 0.6) is 0 Å². The fourth-order valence-corrected chi connectivity index (χ4v) is 4.70. The van der Waals surface area contributed by atoms with Gasteiger partial charge in [-0.05, 0) is 60.7 Å². The van der Waals surface area contributed by atoms with E-state index in [0.717, 1.165) is 18.4 Å². The highest BCUT2D eigenvalue weighted by Gasteiger charge is 2.28. The van der Waals surface area contributed by atoms with E-state index in [0.29, 0.717) is 29.8 Å². The van der Waals surface area contributed by atoms with Crippen molar-refractivity contribution >= 4 is 16.0 Å². The summed E-state index contributed by atoms with van der Waals surface area (Å²) in [4.78, 5) is 11.5. The number of nitrogens with zero attached hydrogens (tertiary/aromatic N) is 2. The van der Waals surface area contributed by atoms with Crippen LogP contribution in [0.2, 0.25) is 0 Å². The zero-order valence-electron chi connectivity index (χ0n) is 14.3. The number of hydrogen-bond donors (Lipinski definition) is 1. The number of rotatable bonds is 4. The number of aryl methyl sites for hydroxylation is 1. The zero-order valence-corrected chi connectivity index (χ0v) is 15.1. The third-order valence-corrected chi connectivity index (χ3v) is 6.34. The normalized spacial score (nSPS) is 14.9.